The molecule has 3 amide bonds. The largest absolute Gasteiger partial charge is 0.450 e. The Bertz CT molecular complexity index is 952. The SMILES string of the molecule is CCOC(=O)N1CCC(NC(=O)C2CCN(C(=O)c3cc4sccc4n3C)CC2)CC1. The molecule has 2 aromatic rings. The number of piperidine rings is 2. The van der Waals surface area contributed by atoms with Gasteiger partial charge in [0.1, 0.15) is 5.69 Å². The molecule has 0 saturated carbocycles. The first-order chi connectivity index (χ1) is 15.0. The number of fused-ring (bicyclic) bond motifs is 1. The molecule has 0 atom stereocenters. The quantitative estimate of drug-likeness (QED) is 0.783. The summed E-state index contributed by atoms with van der Waals surface area (Å²) in [6.45, 7) is 4.56. The maximum Gasteiger partial charge on any atom is 0.409 e. The van der Waals surface area contributed by atoms with E-state index in [0.717, 1.165) is 23.1 Å². The lowest BCUT2D eigenvalue weighted by Crippen LogP contribution is -2.49. The summed E-state index contributed by atoms with van der Waals surface area (Å²) in [4.78, 5) is 41.1. The number of aromatic nitrogens is 1. The number of hydrogen-bond donors (Lipinski definition) is 1. The molecule has 0 aromatic carbocycles. The summed E-state index contributed by atoms with van der Waals surface area (Å²) >= 11 is 1.64. The fourth-order valence-electron chi connectivity index (χ4n) is 4.50. The molecular weight excluding hydrogens is 416 g/mol. The monoisotopic (exact) mass is 446 g/mol. The summed E-state index contributed by atoms with van der Waals surface area (Å²) in [7, 11) is 1.93. The highest BCUT2D eigenvalue weighted by Gasteiger charge is 2.31. The summed E-state index contributed by atoms with van der Waals surface area (Å²) in [5, 5.41) is 5.19. The van der Waals surface area contributed by atoms with Crippen molar-refractivity contribution in [3.05, 3.63) is 23.2 Å². The van der Waals surface area contributed by atoms with Gasteiger partial charge in [0.25, 0.3) is 5.91 Å². The van der Waals surface area contributed by atoms with Gasteiger partial charge in [0.05, 0.1) is 16.8 Å². The van der Waals surface area contributed by atoms with Gasteiger partial charge in [0, 0.05) is 45.2 Å². The number of likely N-dealkylation sites (tertiary alicyclic amines) is 2. The highest BCUT2D eigenvalue weighted by Crippen LogP contribution is 2.26. The molecule has 0 aliphatic carbocycles. The molecule has 8 nitrogen and oxygen atoms in total. The van der Waals surface area contributed by atoms with E-state index in [1.54, 1.807) is 23.2 Å². The van der Waals surface area contributed by atoms with Crippen molar-refractivity contribution in [1.29, 1.82) is 0 Å². The number of aryl methyl sites for hydroxylation is 1. The van der Waals surface area contributed by atoms with Crippen molar-refractivity contribution < 1.29 is 19.1 Å². The maximum absolute atomic E-state index is 13.0. The van der Waals surface area contributed by atoms with E-state index in [1.807, 2.05) is 34.0 Å². The Hall–Kier alpha value is -2.55. The summed E-state index contributed by atoms with van der Waals surface area (Å²) < 4.78 is 8.11. The van der Waals surface area contributed by atoms with E-state index < -0.39 is 0 Å². The number of hydrogen-bond acceptors (Lipinski definition) is 5. The minimum Gasteiger partial charge on any atom is -0.450 e. The van der Waals surface area contributed by atoms with Gasteiger partial charge in [0.2, 0.25) is 5.91 Å². The van der Waals surface area contributed by atoms with Crippen molar-refractivity contribution in [2.45, 2.75) is 38.6 Å². The average molecular weight is 447 g/mol. The Balaban J connectivity index is 1.25. The zero-order chi connectivity index (χ0) is 22.0. The Morgan fingerprint density at radius 1 is 1.10 bits per heavy atom. The number of amides is 3. The fourth-order valence-corrected chi connectivity index (χ4v) is 5.35. The molecule has 4 rings (SSSR count). The van der Waals surface area contributed by atoms with E-state index in [4.69, 9.17) is 4.74 Å². The van der Waals surface area contributed by atoms with Gasteiger partial charge in [-0.05, 0) is 50.1 Å². The maximum atomic E-state index is 13.0. The van der Waals surface area contributed by atoms with Crippen molar-refractivity contribution in [2.24, 2.45) is 13.0 Å². The molecule has 2 aromatic heterocycles. The van der Waals surface area contributed by atoms with Gasteiger partial charge in [-0.2, -0.15) is 0 Å². The van der Waals surface area contributed by atoms with Crippen molar-refractivity contribution in [3.8, 4) is 0 Å². The second kappa shape index (κ2) is 9.30. The summed E-state index contributed by atoms with van der Waals surface area (Å²) in [6.07, 6.45) is 2.57. The lowest BCUT2D eigenvalue weighted by Gasteiger charge is -2.34. The molecule has 4 heterocycles. The van der Waals surface area contributed by atoms with Crippen molar-refractivity contribution in [1.82, 2.24) is 19.7 Å². The molecule has 0 radical (unpaired) electrons. The Morgan fingerprint density at radius 3 is 2.42 bits per heavy atom. The van der Waals surface area contributed by atoms with Gasteiger partial charge in [-0.15, -0.1) is 11.3 Å². The van der Waals surface area contributed by atoms with Crippen LogP contribution in [0.15, 0.2) is 17.5 Å². The normalized spacial score (nSPS) is 18.4. The molecule has 9 heteroatoms. The molecular formula is C22H30N4O4S. The van der Waals surface area contributed by atoms with Crippen LogP contribution in [0.4, 0.5) is 4.79 Å². The van der Waals surface area contributed by atoms with E-state index in [9.17, 15) is 14.4 Å². The van der Waals surface area contributed by atoms with Crippen LogP contribution in [-0.2, 0) is 16.6 Å². The van der Waals surface area contributed by atoms with Gasteiger partial charge in [-0.1, -0.05) is 0 Å². The molecule has 0 unspecified atom stereocenters. The number of nitrogens with one attached hydrogen (secondary N) is 1. The molecule has 2 saturated heterocycles. The van der Waals surface area contributed by atoms with Crippen LogP contribution in [0.2, 0.25) is 0 Å². The fraction of sp³-hybridized carbons (Fsp3) is 0.591. The van der Waals surface area contributed by atoms with Crippen LogP contribution in [0.1, 0.15) is 43.1 Å². The first kappa shape index (κ1) is 21.7. The predicted molar refractivity (Wildman–Crippen MR) is 119 cm³/mol. The number of carbonyl (C=O) groups is 3. The number of ether oxygens (including phenoxy) is 1. The molecule has 0 spiro atoms. The molecule has 2 aliphatic heterocycles. The standard InChI is InChI=1S/C22H30N4O4S/c1-3-30-22(29)26-11-6-16(7-12-26)23-20(27)15-4-9-25(10-5-15)21(28)18-14-19-17(24(18)2)8-13-31-19/h8,13-16H,3-7,9-12H2,1-2H3,(H,23,27). The third kappa shape index (κ3) is 4.56. The summed E-state index contributed by atoms with van der Waals surface area (Å²) in [6, 6.07) is 4.09. The zero-order valence-corrected chi connectivity index (χ0v) is 19.0. The highest BCUT2D eigenvalue weighted by atomic mass is 32.1. The minimum absolute atomic E-state index is 0.0381. The molecule has 1 N–H and O–H groups in total. The van der Waals surface area contributed by atoms with E-state index in [0.29, 0.717) is 51.3 Å². The summed E-state index contributed by atoms with van der Waals surface area (Å²) in [5.41, 5.74) is 1.79. The number of carbonyl (C=O) groups excluding carboxylic acids is 3. The molecule has 2 fully saturated rings. The predicted octanol–water partition coefficient (Wildman–Crippen LogP) is 2.83. The van der Waals surface area contributed by atoms with E-state index in [2.05, 4.69) is 5.32 Å². The summed E-state index contributed by atoms with van der Waals surface area (Å²) in [5.74, 6) is 0.0428. The molecule has 2 aliphatic rings. The van der Waals surface area contributed by atoms with Gasteiger partial charge in [-0.3, -0.25) is 9.59 Å². The van der Waals surface area contributed by atoms with Crippen LogP contribution in [-0.4, -0.2) is 71.1 Å². The Labute approximate surface area is 186 Å². The van der Waals surface area contributed by atoms with Crippen LogP contribution < -0.4 is 5.32 Å². The third-order valence-electron chi connectivity index (χ3n) is 6.40. The number of nitrogens with zero attached hydrogens (tertiary/aromatic N) is 3. The van der Waals surface area contributed by atoms with Gasteiger partial charge < -0.3 is 24.4 Å². The van der Waals surface area contributed by atoms with Crippen LogP contribution >= 0.6 is 11.3 Å². The van der Waals surface area contributed by atoms with Crippen LogP contribution in [0, 0.1) is 5.92 Å². The molecule has 31 heavy (non-hydrogen) atoms. The van der Waals surface area contributed by atoms with E-state index >= 15 is 0 Å². The van der Waals surface area contributed by atoms with Crippen LogP contribution in [0.3, 0.4) is 0 Å². The zero-order valence-electron chi connectivity index (χ0n) is 18.1. The first-order valence-corrected chi connectivity index (χ1v) is 11.9. The van der Waals surface area contributed by atoms with Crippen molar-refractivity contribution in [2.75, 3.05) is 32.8 Å². The van der Waals surface area contributed by atoms with Crippen LogP contribution in [0.25, 0.3) is 10.2 Å². The van der Waals surface area contributed by atoms with E-state index in [-0.39, 0.29) is 29.9 Å². The second-order valence-corrected chi connectivity index (χ2v) is 9.24. The van der Waals surface area contributed by atoms with Crippen molar-refractivity contribution >= 4 is 39.5 Å². The average Bonchev–Trinajstić information content (AvgIpc) is 3.37. The molecule has 168 valence electrons. The second-order valence-electron chi connectivity index (χ2n) is 8.29. The van der Waals surface area contributed by atoms with Gasteiger partial charge in [-0.25, -0.2) is 4.79 Å². The van der Waals surface area contributed by atoms with Crippen molar-refractivity contribution in [3.63, 3.8) is 0 Å². The topological polar surface area (TPSA) is 83.9 Å². The first-order valence-electron chi connectivity index (χ1n) is 11.0. The lowest BCUT2D eigenvalue weighted by molar-refractivity contribution is -0.127. The molecule has 0 bridgehead atoms. The Morgan fingerprint density at radius 2 is 1.77 bits per heavy atom. The van der Waals surface area contributed by atoms with Gasteiger partial charge >= 0.3 is 6.09 Å². The lowest BCUT2D eigenvalue weighted by atomic mass is 9.94. The van der Waals surface area contributed by atoms with Gasteiger partial charge in [0.15, 0.2) is 0 Å². The number of rotatable bonds is 4. The van der Waals surface area contributed by atoms with E-state index in [1.165, 1.54) is 0 Å². The smallest absolute Gasteiger partial charge is 0.409 e. The minimum atomic E-state index is -0.276. The third-order valence-corrected chi connectivity index (χ3v) is 7.26. The Kier molecular flexibility index (Phi) is 6.50. The highest BCUT2D eigenvalue weighted by molar-refractivity contribution is 7.17. The number of thiophene rings is 1. The van der Waals surface area contributed by atoms with Crippen LogP contribution in [0.5, 0.6) is 0 Å².